The van der Waals surface area contributed by atoms with E-state index in [0.29, 0.717) is 32.4 Å². The number of aliphatic carboxylic acids is 1. The number of aryl methyl sites for hydroxylation is 1. The summed E-state index contributed by atoms with van der Waals surface area (Å²) in [7, 11) is 0. The van der Waals surface area contributed by atoms with E-state index in [0.717, 1.165) is 41.2 Å². The maximum absolute atomic E-state index is 12.9. The second-order valence-electron chi connectivity index (χ2n) is 9.64. The van der Waals surface area contributed by atoms with Crippen LogP contribution in [0, 0.1) is 0 Å². The second-order valence-corrected chi connectivity index (χ2v) is 9.64. The van der Waals surface area contributed by atoms with Gasteiger partial charge in [-0.05, 0) is 30.2 Å². The Bertz CT molecular complexity index is 1230. The van der Waals surface area contributed by atoms with E-state index in [9.17, 15) is 22.8 Å². The topological polar surface area (TPSA) is 114 Å². The molecule has 2 aromatic carbocycles. The SMILES string of the molecule is CC(=O)N1CCC2(CC1)CC(NC(=O)CCc1ccc3c(c1)OCO3)c1ccccc1O2.O=C(O)C(F)(F)F. The Labute approximate surface area is 222 Å². The van der Waals surface area contributed by atoms with Crippen molar-refractivity contribution in [1.29, 1.82) is 0 Å². The van der Waals surface area contributed by atoms with Crippen LogP contribution < -0.4 is 19.5 Å². The minimum absolute atomic E-state index is 0.0145. The van der Waals surface area contributed by atoms with E-state index in [4.69, 9.17) is 24.1 Å². The monoisotopic (exact) mass is 550 g/mol. The van der Waals surface area contributed by atoms with Crippen LogP contribution in [0.2, 0.25) is 0 Å². The van der Waals surface area contributed by atoms with Crippen LogP contribution in [0.5, 0.6) is 17.2 Å². The van der Waals surface area contributed by atoms with Gasteiger partial charge in [0.1, 0.15) is 11.4 Å². The van der Waals surface area contributed by atoms with Gasteiger partial charge in [0, 0.05) is 51.3 Å². The lowest BCUT2D eigenvalue weighted by Gasteiger charge is -2.46. The molecule has 0 aromatic heterocycles. The zero-order valence-corrected chi connectivity index (χ0v) is 21.3. The van der Waals surface area contributed by atoms with E-state index in [1.807, 2.05) is 47.4 Å². The highest BCUT2D eigenvalue weighted by Crippen LogP contribution is 2.44. The lowest BCUT2D eigenvalue weighted by Crippen LogP contribution is -2.53. The number of carboxylic acids is 1. The highest BCUT2D eigenvalue weighted by Gasteiger charge is 2.44. The number of hydrogen-bond acceptors (Lipinski definition) is 6. The van der Waals surface area contributed by atoms with Crippen LogP contribution in [-0.2, 0) is 20.8 Å². The number of piperidine rings is 1. The summed E-state index contributed by atoms with van der Waals surface area (Å²) in [5, 5.41) is 10.4. The largest absolute Gasteiger partial charge is 0.490 e. The van der Waals surface area contributed by atoms with Gasteiger partial charge in [-0.3, -0.25) is 9.59 Å². The number of para-hydroxylation sites is 1. The number of ether oxygens (including phenoxy) is 3. The first-order valence-corrected chi connectivity index (χ1v) is 12.5. The van der Waals surface area contributed by atoms with Gasteiger partial charge in [-0.2, -0.15) is 13.2 Å². The van der Waals surface area contributed by atoms with E-state index in [1.165, 1.54) is 0 Å². The van der Waals surface area contributed by atoms with Crippen LogP contribution in [0.25, 0.3) is 0 Å². The number of likely N-dealkylation sites (tertiary alicyclic amines) is 1. The number of halogens is 3. The Morgan fingerprint density at radius 2 is 1.72 bits per heavy atom. The molecule has 0 bridgehead atoms. The Morgan fingerprint density at radius 1 is 1.05 bits per heavy atom. The highest BCUT2D eigenvalue weighted by molar-refractivity contribution is 5.77. The Kier molecular flexibility index (Phi) is 8.22. The Morgan fingerprint density at radius 3 is 2.38 bits per heavy atom. The molecule has 1 fully saturated rings. The molecule has 1 atom stereocenters. The molecule has 1 unspecified atom stereocenters. The number of carboxylic acid groups (broad SMARTS) is 1. The van der Waals surface area contributed by atoms with E-state index in [1.54, 1.807) is 6.92 Å². The first kappa shape index (κ1) is 28.1. The zero-order valence-electron chi connectivity index (χ0n) is 21.3. The van der Waals surface area contributed by atoms with E-state index < -0.39 is 12.1 Å². The van der Waals surface area contributed by atoms with Gasteiger partial charge in [-0.1, -0.05) is 24.3 Å². The Balaban J connectivity index is 0.000000448. The van der Waals surface area contributed by atoms with E-state index >= 15 is 0 Å². The normalized spacial score (nSPS) is 18.8. The molecule has 9 nitrogen and oxygen atoms in total. The molecule has 2 amide bonds. The van der Waals surface area contributed by atoms with Gasteiger partial charge >= 0.3 is 12.1 Å². The van der Waals surface area contributed by atoms with Gasteiger partial charge in [0.2, 0.25) is 18.6 Å². The molecule has 3 heterocycles. The molecule has 0 aliphatic carbocycles. The number of benzene rings is 2. The van der Waals surface area contributed by atoms with Gasteiger partial charge in [0.15, 0.2) is 11.5 Å². The number of amides is 2. The molecule has 1 saturated heterocycles. The molecule has 3 aliphatic heterocycles. The molecule has 1 spiro atoms. The van der Waals surface area contributed by atoms with Crippen molar-refractivity contribution in [1.82, 2.24) is 10.2 Å². The summed E-state index contributed by atoms with van der Waals surface area (Å²) in [6, 6.07) is 13.6. The number of fused-ring (bicyclic) bond motifs is 2. The number of alkyl halides is 3. The average Bonchev–Trinajstić information content (AvgIpc) is 3.35. The number of carbonyl (C=O) groups excluding carboxylic acids is 2. The molecule has 210 valence electrons. The van der Waals surface area contributed by atoms with Gasteiger partial charge in [0.25, 0.3) is 0 Å². The van der Waals surface area contributed by atoms with Gasteiger partial charge in [-0.15, -0.1) is 0 Å². The minimum Gasteiger partial charge on any atom is -0.487 e. The molecular weight excluding hydrogens is 521 g/mol. The number of rotatable bonds is 4. The van der Waals surface area contributed by atoms with Crippen molar-refractivity contribution in [3.8, 4) is 17.2 Å². The lowest BCUT2D eigenvalue weighted by atomic mass is 9.80. The highest BCUT2D eigenvalue weighted by atomic mass is 19.4. The molecule has 5 rings (SSSR count). The third-order valence-electron chi connectivity index (χ3n) is 6.97. The fraction of sp³-hybridized carbons (Fsp3) is 0.444. The second kappa shape index (κ2) is 11.4. The number of hydrogen-bond donors (Lipinski definition) is 2. The van der Waals surface area contributed by atoms with E-state index in [-0.39, 0.29) is 30.3 Å². The van der Waals surface area contributed by atoms with Crippen LogP contribution >= 0.6 is 0 Å². The maximum atomic E-state index is 12.9. The van der Waals surface area contributed by atoms with Crippen molar-refractivity contribution in [2.24, 2.45) is 0 Å². The molecule has 3 aliphatic rings. The van der Waals surface area contributed by atoms with Crippen LogP contribution in [0.3, 0.4) is 0 Å². The summed E-state index contributed by atoms with van der Waals surface area (Å²) in [6.07, 6.45) is -1.81. The summed E-state index contributed by atoms with van der Waals surface area (Å²) in [5.74, 6) is -0.327. The quantitative estimate of drug-likeness (QED) is 0.592. The zero-order chi connectivity index (χ0) is 28.2. The molecular formula is C27H29F3N2O7. The minimum atomic E-state index is -5.08. The summed E-state index contributed by atoms with van der Waals surface area (Å²) >= 11 is 0. The predicted molar refractivity (Wildman–Crippen MR) is 131 cm³/mol. The van der Waals surface area contributed by atoms with E-state index in [2.05, 4.69) is 5.32 Å². The number of nitrogens with one attached hydrogen (secondary N) is 1. The lowest BCUT2D eigenvalue weighted by molar-refractivity contribution is -0.192. The summed E-state index contributed by atoms with van der Waals surface area (Å²) in [5.41, 5.74) is 1.71. The maximum Gasteiger partial charge on any atom is 0.490 e. The number of carbonyl (C=O) groups is 3. The number of nitrogens with zero attached hydrogens (tertiary/aromatic N) is 1. The third-order valence-corrected chi connectivity index (χ3v) is 6.97. The first-order valence-electron chi connectivity index (χ1n) is 12.5. The van der Waals surface area contributed by atoms with Crippen LogP contribution in [0.4, 0.5) is 13.2 Å². The van der Waals surface area contributed by atoms with Crippen molar-refractivity contribution in [3.63, 3.8) is 0 Å². The summed E-state index contributed by atoms with van der Waals surface area (Å²) in [6.45, 7) is 3.22. The molecule has 12 heteroatoms. The van der Waals surface area contributed by atoms with Crippen molar-refractivity contribution < 1.29 is 46.9 Å². The smallest absolute Gasteiger partial charge is 0.487 e. The standard InChI is InChI=1S/C25H28N2O5.C2HF3O2/c1-17(28)27-12-10-25(11-13-27)15-20(19-4-2-3-5-21(19)32-25)26-24(29)9-7-18-6-8-22-23(14-18)31-16-30-22;3-2(4,5)1(6)7/h2-6,8,14,20H,7,9-13,15-16H2,1H3,(H,26,29);(H,6,7). The molecule has 2 aromatic rings. The molecule has 0 radical (unpaired) electrons. The fourth-order valence-corrected chi connectivity index (χ4v) is 4.90. The average molecular weight is 551 g/mol. The Hall–Kier alpha value is -3.96. The van der Waals surface area contributed by atoms with Crippen molar-refractivity contribution >= 4 is 17.8 Å². The summed E-state index contributed by atoms with van der Waals surface area (Å²) < 4.78 is 49.0. The first-order chi connectivity index (χ1) is 18.5. The fourth-order valence-electron chi connectivity index (χ4n) is 4.90. The molecule has 0 saturated carbocycles. The molecule has 2 N–H and O–H groups in total. The van der Waals surface area contributed by atoms with Gasteiger partial charge < -0.3 is 29.5 Å². The van der Waals surface area contributed by atoms with Crippen LogP contribution in [-0.4, -0.2) is 59.4 Å². The van der Waals surface area contributed by atoms with Crippen LogP contribution in [0.15, 0.2) is 42.5 Å². The van der Waals surface area contributed by atoms with Gasteiger partial charge in [-0.25, -0.2) is 4.79 Å². The molecule has 39 heavy (non-hydrogen) atoms. The van der Waals surface area contributed by atoms with Gasteiger partial charge in [0.05, 0.1) is 6.04 Å². The van der Waals surface area contributed by atoms with Crippen molar-refractivity contribution in [2.45, 2.75) is 56.8 Å². The van der Waals surface area contributed by atoms with Crippen molar-refractivity contribution in [3.05, 3.63) is 53.6 Å². The van der Waals surface area contributed by atoms with Crippen molar-refractivity contribution in [2.75, 3.05) is 19.9 Å². The third kappa shape index (κ3) is 6.92. The summed E-state index contributed by atoms with van der Waals surface area (Å²) in [4.78, 5) is 35.4. The predicted octanol–water partition coefficient (Wildman–Crippen LogP) is 4.00. The van der Waals surface area contributed by atoms with Crippen LogP contribution in [0.1, 0.15) is 49.8 Å².